The van der Waals surface area contributed by atoms with Gasteiger partial charge in [0.2, 0.25) is 11.7 Å². The van der Waals surface area contributed by atoms with Gasteiger partial charge in [0.15, 0.2) is 0 Å². The fourth-order valence-electron chi connectivity index (χ4n) is 3.17. The van der Waals surface area contributed by atoms with Crippen LogP contribution in [0.4, 0.5) is 5.82 Å². The Hall–Kier alpha value is -2.60. The Kier molecular flexibility index (Phi) is 4.75. The monoisotopic (exact) mass is 370 g/mol. The van der Waals surface area contributed by atoms with Crippen molar-refractivity contribution in [2.75, 3.05) is 25.1 Å². The zero-order valence-electron chi connectivity index (χ0n) is 14.4. The fraction of sp³-hybridized carbons (Fsp3) is 0.316. The molecule has 7 heteroatoms. The normalized spacial score (nSPS) is 15.2. The van der Waals surface area contributed by atoms with Gasteiger partial charge in [-0.2, -0.15) is 4.98 Å². The highest BCUT2D eigenvalue weighted by Crippen LogP contribution is 2.30. The van der Waals surface area contributed by atoms with E-state index in [1.165, 1.54) is 0 Å². The van der Waals surface area contributed by atoms with Crippen LogP contribution in [0.2, 0.25) is 5.02 Å². The molecule has 0 saturated carbocycles. The van der Waals surface area contributed by atoms with Crippen molar-refractivity contribution >= 4 is 17.4 Å². The van der Waals surface area contributed by atoms with Gasteiger partial charge in [0.05, 0.1) is 12.1 Å². The molecule has 2 aromatic heterocycles. The first-order valence-corrected chi connectivity index (χ1v) is 8.95. The molecule has 6 nitrogen and oxygen atoms in total. The van der Waals surface area contributed by atoms with Crippen LogP contribution in [0.3, 0.4) is 0 Å². The van der Waals surface area contributed by atoms with Gasteiger partial charge in [-0.1, -0.05) is 16.8 Å². The lowest BCUT2D eigenvalue weighted by Crippen LogP contribution is -2.33. The van der Waals surface area contributed by atoms with Crippen molar-refractivity contribution in [3.05, 3.63) is 53.5 Å². The average molecular weight is 371 g/mol. The number of benzene rings is 1. The highest BCUT2D eigenvalue weighted by atomic mass is 35.5. The highest BCUT2D eigenvalue weighted by molar-refractivity contribution is 6.30. The molecule has 4 rings (SSSR count). The number of piperidine rings is 1. The summed E-state index contributed by atoms with van der Waals surface area (Å²) in [5.74, 6) is 3.36. The van der Waals surface area contributed by atoms with Crippen molar-refractivity contribution in [2.24, 2.45) is 0 Å². The molecule has 26 heavy (non-hydrogen) atoms. The SMILES string of the molecule is COc1ccc(-c2noc(C3CCN(c4ccc(Cl)cn4)CC3)n2)cc1. The molecule has 1 aromatic carbocycles. The minimum atomic E-state index is 0.276. The molecule has 0 unspecified atom stereocenters. The summed E-state index contributed by atoms with van der Waals surface area (Å²) in [6.07, 6.45) is 3.59. The van der Waals surface area contributed by atoms with Crippen molar-refractivity contribution in [3.8, 4) is 17.1 Å². The molecule has 0 aliphatic carbocycles. The first-order valence-electron chi connectivity index (χ1n) is 8.57. The average Bonchev–Trinajstić information content (AvgIpc) is 3.19. The number of ether oxygens (including phenoxy) is 1. The van der Waals surface area contributed by atoms with E-state index in [1.807, 2.05) is 36.4 Å². The number of methoxy groups -OCH3 is 1. The van der Waals surface area contributed by atoms with Gasteiger partial charge >= 0.3 is 0 Å². The zero-order valence-corrected chi connectivity index (χ0v) is 15.2. The predicted octanol–water partition coefficient (Wildman–Crippen LogP) is 4.18. The second kappa shape index (κ2) is 7.33. The van der Waals surface area contributed by atoms with Crippen LogP contribution in [0.1, 0.15) is 24.7 Å². The van der Waals surface area contributed by atoms with E-state index < -0.39 is 0 Å². The standard InChI is InChI=1S/C19H19ClN4O2/c1-25-16-5-2-13(3-6-16)18-22-19(26-23-18)14-8-10-24(11-9-14)17-7-4-15(20)12-21-17/h2-7,12,14H,8-11H2,1H3. The van der Waals surface area contributed by atoms with Gasteiger partial charge in [0, 0.05) is 30.8 Å². The van der Waals surface area contributed by atoms with E-state index in [0.29, 0.717) is 16.7 Å². The third kappa shape index (κ3) is 3.51. The maximum atomic E-state index is 5.91. The minimum absolute atomic E-state index is 0.276. The van der Waals surface area contributed by atoms with Crippen LogP contribution in [0.15, 0.2) is 47.1 Å². The van der Waals surface area contributed by atoms with E-state index in [4.69, 9.17) is 20.9 Å². The molecule has 1 saturated heterocycles. The fourth-order valence-corrected chi connectivity index (χ4v) is 3.28. The topological polar surface area (TPSA) is 64.3 Å². The molecule has 3 aromatic rings. The van der Waals surface area contributed by atoms with Crippen molar-refractivity contribution < 1.29 is 9.26 Å². The molecular formula is C19H19ClN4O2. The van der Waals surface area contributed by atoms with E-state index in [-0.39, 0.29) is 5.92 Å². The predicted molar refractivity (Wildman–Crippen MR) is 99.7 cm³/mol. The molecule has 1 aliphatic heterocycles. The Bertz CT molecular complexity index is 856. The Morgan fingerprint density at radius 2 is 1.88 bits per heavy atom. The molecule has 0 N–H and O–H groups in total. The Morgan fingerprint density at radius 3 is 2.54 bits per heavy atom. The number of hydrogen-bond donors (Lipinski definition) is 0. The molecule has 1 fully saturated rings. The van der Waals surface area contributed by atoms with E-state index in [9.17, 15) is 0 Å². The largest absolute Gasteiger partial charge is 0.497 e. The molecule has 0 radical (unpaired) electrons. The molecule has 0 amide bonds. The summed E-state index contributed by atoms with van der Waals surface area (Å²) >= 11 is 5.91. The van der Waals surface area contributed by atoms with E-state index in [2.05, 4.69) is 20.0 Å². The van der Waals surface area contributed by atoms with Gasteiger partial charge in [0.1, 0.15) is 11.6 Å². The van der Waals surface area contributed by atoms with Gasteiger partial charge in [-0.05, 0) is 49.2 Å². The van der Waals surface area contributed by atoms with Crippen LogP contribution in [-0.2, 0) is 0 Å². The highest BCUT2D eigenvalue weighted by Gasteiger charge is 2.26. The van der Waals surface area contributed by atoms with Crippen molar-refractivity contribution in [1.29, 1.82) is 0 Å². The van der Waals surface area contributed by atoms with Gasteiger partial charge in [-0.3, -0.25) is 0 Å². The van der Waals surface area contributed by atoms with E-state index >= 15 is 0 Å². The van der Waals surface area contributed by atoms with Crippen LogP contribution in [0.25, 0.3) is 11.4 Å². The smallest absolute Gasteiger partial charge is 0.230 e. The molecule has 0 atom stereocenters. The van der Waals surface area contributed by atoms with Gasteiger partial charge in [0.25, 0.3) is 0 Å². The second-order valence-electron chi connectivity index (χ2n) is 6.28. The van der Waals surface area contributed by atoms with Crippen molar-refractivity contribution in [2.45, 2.75) is 18.8 Å². The number of halogens is 1. The van der Waals surface area contributed by atoms with Gasteiger partial charge < -0.3 is 14.2 Å². The number of anilines is 1. The summed E-state index contributed by atoms with van der Waals surface area (Å²) in [5, 5.41) is 4.79. The van der Waals surface area contributed by atoms with Crippen molar-refractivity contribution in [3.63, 3.8) is 0 Å². The molecule has 0 spiro atoms. The molecular weight excluding hydrogens is 352 g/mol. The van der Waals surface area contributed by atoms with Crippen LogP contribution in [-0.4, -0.2) is 35.3 Å². The lowest BCUT2D eigenvalue weighted by molar-refractivity contribution is 0.329. The Morgan fingerprint density at radius 1 is 1.12 bits per heavy atom. The molecule has 1 aliphatic rings. The van der Waals surface area contributed by atoms with Crippen LogP contribution in [0, 0.1) is 0 Å². The number of aromatic nitrogens is 3. The summed E-state index contributed by atoms with van der Waals surface area (Å²) in [6, 6.07) is 11.5. The summed E-state index contributed by atoms with van der Waals surface area (Å²) in [4.78, 5) is 11.2. The minimum Gasteiger partial charge on any atom is -0.497 e. The van der Waals surface area contributed by atoms with Gasteiger partial charge in [-0.15, -0.1) is 0 Å². The van der Waals surface area contributed by atoms with E-state index in [0.717, 1.165) is 43.1 Å². The number of rotatable bonds is 4. The summed E-state index contributed by atoms with van der Waals surface area (Å²) in [7, 11) is 1.65. The van der Waals surface area contributed by atoms with Crippen molar-refractivity contribution in [1.82, 2.24) is 15.1 Å². The summed E-state index contributed by atoms with van der Waals surface area (Å²) < 4.78 is 10.7. The first kappa shape index (κ1) is 16.8. The quantitative estimate of drug-likeness (QED) is 0.686. The molecule has 0 bridgehead atoms. The van der Waals surface area contributed by atoms with Gasteiger partial charge in [-0.25, -0.2) is 4.98 Å². The Labute approximate surface area is 156 Å². The summed E-state index contributed by atoms with van der Waals surface area (Å²) in [6.45, 7) is 1.80. The first-order chi connectivity index (χ1) is 12.7. The lowest BCUT2D eigenvalue weighted by Gasteiger charge is -2.31. The summed E-state index contributed by atoms with van der Waals surface area (Å²) in [5.41, 5.74) is 0.920. The third-order valence-corrected chi connectivity index (χ3v) is 4.89. The Balaban J connectivity index is 1.41. The second-order valence-corrected chi connectivity index (χ2v) is 6.72. The number of hydrogen-bond acceptors (Lipinski definition) is 6. The zero-order chi connectivity index (χ0) is 17.9. The molecule has 3 heterocycles. The van der Waals surface area contributed by atoms with Crippen LogP contribution >= 0.6 is 11.6 Å². The van der Waals surface area contributed by atoms with Crippen LogP contribution in [0.5, 0.6) is 5.75 Å². The maximum absolute atomic E-state index is 5.91. The number of nitrogens with zero attached hydrogens (tertiary/aromatic N) is 4. The lowest BCUT2D eigenvalue weighted by atomic mass is 9.97. The third-order valence-electron chi connectivity index (χ3n) is 4.67. The molecule has 134 valence electrons. The van der Waals surface area contributed by atoms with E-state index in [1.54, 1.807) is 13.3 Å². The van der Waals surface area contributed by atoms with Crippen LogP contribution < -0.4 is 9.64 Å². The number of pyridine rings is 1. The maximum Gasteiger partial charge on any atom is 0.230 e.